The maximum Gasteiger partial charge on any atom is 0.407 e. The normalized spacial score (nSPS) is 17.9. The van der Waals surface area contributed by atoms with E-state index in [1.807, 2.05) is 102 Å². The topological polar surface area (TPSA) is 290 Å². The molecule has 2 saturated heterocycles. The summed E-state index contributed by atoms with van der Waals surface area (Å²) < 4.78 is 101. The quantitative estimate of drug-likeness (QED) is 0.0441. The number of carbonyl (C=O) groups excluding carboxylic acids is 3. The molecular weight excluding hydrogens is 1140 g/mol. The van der Waals surface area contributed by atoms with E-state index in [-0.39, 0.29) is 79.6 Å². The highest BCUT2D eigenvalue weighted by atomic mass is 35.5. The zero-order valence-electron chi connectivity index (χ0n) is 47.9. The predicted molar refractivity (Wildman–Crippen MR) is 308 cm³/mol. The van der Waals surface area contributed by atoms with E-state index in [4.69, 9.17) is 60.3 Å². The van der Waals surface area contributed by atoms with E-state index in [2.05, 4.69) is 10.6 Å². The van der Waals surface area contributed by atoms with Gasteiger partial charge in [0.15, 0.2) is 29.3 Å². The first-order valence-corrected chi connectivity index (χ1v) is 30.7. The lowest BCUT2D eigenvalue weighted by Crippen LogP contribution is -2.52. The highest BCUT2D eigenvalue weighted by Gasteiger charge is 2.44. The minimum atomic E-state index is -4.11. The number of aliphatic hydroxyl groups is 2. The Hall–Kier alpha value is -5.64. The summed E-state index contributed by atoms with van der Waals surface area (Å²) in [5.74, 6) is 1.42. The van der Waals surface area contributed by atoms with E-state index in [1.165, 1.54) is 32.9 Å². The molecule has 458 valence electrons. The number of nitrogens with two attached hydrogens (primary N) is 1. The number of carbonyl (C=O) groups is 3. The molecule has 4 aliphatic heterocycles. The van der Waals surface area contributed by atoms with E-state index >= 15 is 0 Å². The van der Waals surface area contributed by atoms with Gasteiger partial charge in [-0.1, -0.05) is 102 Å². The first kappa shape index (κ1) is 66.5. The fourth-order valence-electron chi connectivity index (χ4n) is 9.56. The van der Waals surface area contributed by atoms with Gasteiger partial charge in [-0.25, -0.2) is 21.6 Å². The molecule has 0 aromatic heterocycles. The molecule has 4 heterocycles. The standard InChI is InChI=1S/C30H41N3O9S.C19H30N2O6S.C9H9ClO2/c1-30(2,11-12-31)18-33(43(36,37)21-8-9-25-26(15-21)41-19-40-25)16-24(34)23(14-20-6-4-3-5-7-20)32-29(35)42-27-17-39-28-22(27)10-13-38-28;1-14(2)10-21(12-19(3,4)7-8-20-18(23)11-22)28(24,25)15-5-6-16-17(9-15)27-13-26-16;10-9(11)7-12-6-8-4-2-1-3-5-8/h3-9,15,22-24,27-28,34H,10-14,16-19,31H2,1-2H3,(H,32,35);5-6,9,14,22H,7-8,10-13H2,1-4H3,(H,20,23);1-5H,6-7H2/t22?,23-,24?,27?,28?;;/m0../s1. The third-order valence-corrected chi connectivity index (χ3v) is 17.6. The van der Waals surface area contributed by atoms with Crippen LogP contribution in [-0.2, 0) is 61.6 Å². The second kappa shape index (κ2) is 31.0. The summed E-state index contributed by atoms with van der Waals surface area (Å²) in [6.45, 7) is 13.6. The van der Waals surface area contributed by atoms with Crippen LogP contribution in [0.25, 0.3) is 0 Å². The first-order chi connectivity index (χ1) is 39.4. The molecular formula is C58H80ClN5O17S2. The highest BCUT2D eigenvalue weighted by Crippen LogP contribution is 2.38. The van der Waals surface area contributed by atoms with Gasteiger partial charge in [-0.15, -0.1) is 0 Å². The van der Waals surface area contributed by atoms with E-state index in [1.54, 1.807) is 12.1 Å². The SMILES string of the molecule is CC(C)(CCN)CN(CC(O)[C@H](Cc1ccccc1)NC(=O)OC1COC2OCCC12)S(=O)(=O)c1ccc2c(c1)OCO2.CC(C)CN(CC(C)(C)CCNC(=O)CO)S(=O)(=O)c1ccc2c(c1)OCO2.O=C(Cl)COCc1ccccc1. The Bertz CT molecular complexity index is 2960. The smallest absolute Gasteiger partial charge is 0.407 e. The van der Waals surface area contributed by atoms with Crippen molar-refractivity contribution in [1.82, 2.24) is 19.2 Å². The molecule has 22 nitrogen and oxygen atoms in total. The molecule has 83 heavy (non-hydrogen) atoms. The van der Waals surface area contributed by atoms with Crippen LogP contribution in [0.1, 0.15) is 71.9 Å². The van der Waals surface area contributed by atoms with Gasteiger partial charge in [-0.2, -0.15) is 8.61 Å². The molecule has 25 heteroatoms. The molecule has 5 atom stereocenters. The Morgan fingerprint density at radius 1 is 0.759 bits per heavy atom. The van der Waals surface area contributed by atoms with Crippen LogP contribution in [0, 0.1) is 22.7 Å². The third kappa shape index (κ3) is 20.3. The Morgan fingerprint density at radius 2 is 1.30 bits per heavy atom. The van der Waals surface area contributed by atoms with Crippen LogP contribution in [0.2, 0.25) is 0 Å². The maximum atomic E-state index is 14.0. The second-order valence-corrected chi connectivity index (χ2v) is 26.8. The molecule has 0 aliphatic carbocycles. The van der Waals surface area contributed by atoms with Crippen LogP contribution in [-0.4, -0.2) is 157 Å². The predicted octanol–water partition coefficient (Wildman–Crippen LogP) is 5.80. The molecule has 2 fully saturated rings. The van der Waals surface area contributed by atoms with Gasteiger partial charge in [-0.3, -0.25) is 9.59 Å². The molecule has 8 rings (SSSR count). The fraction of sp³-hybridized carbons (Fsp3) is 0.534. The second-order valence-electron chi connectivity index (χ2n) is 22.5. The van der Waals surface area contributed by atoms with Crippen molar-refractivity contribution in [1.29, 1.82) is 0 Å². The third-order valence-electron chi connectivity index (χ3n) is 13.9. The van der Waals surface area contributed by atoms with E-state index in [9.17, 15) is 36.3 Å². The van der Waals surface area contributed by atoms with Gasteiger partial charge in [0, 0.05) is 44.9 Å². The van der Waals surface area contributed by atoms with Crippen LogP contribution < -0.4 is 35.3 Å². The molecule has 4 aromatic carbocycles. The lowest BCUT2D eigenvalue weighted by Gasteiger charge is -2.35. The molecule has 0 spiro atoms. The Morgan fingerprint density at radius 3 is 1.84 bits per heavy atom. The molecule has 0 bridgehead atoms. The number of sulfonamides is 2. The number of nitrogens with zero attached hydrogens (tertiary/aromatic N) is 2. The molecule has 4 unspecified atom stereocenters. The van der Waals surface area contributed by atoms with Gasteiger partial charge in [0.25, 0.3) is 0 Å². The van der Waals surface area contributed by atoms with Gasteiger partial charge in [0.05, 0.1) is 47.7 Å². The number of amides is 2. The van der Waals surface area contributed by atoms with Crippen molar-refractivity contribution in [2.45, 2.75) is 108 Å². The van der Waals surface area contributed by atoms with Gasteiger partial charge in [-0.05, 0) is 96.0 Å². The van der Waals surface area contributed by atoms with Crippen LogP contribution in [0.5, 0.6) is 23.0 Å². The number of hydrogen-bond donors (Lipinski definition) is 5. The Balaban J connectivity index is 0.000000235. The van der Waals surface area contributed by atoms with Crippen LogP contribution in [0.15, 0.2) is 107 Å². The summed E-state index contributed by atoms with van der Waals surface area (Å²) in [7, 11) is -7.84. The van der Waals surface area contributed by atoms with Crippen molar-refractivity contribution in [2.24, 2.45) is 28.4 Å². The number of alkyl carbamates (subject to hydrolysis) is 1. The lowest BCUT2D eigenvalue weighted by molar-refractivity contribution is -0.123. The highest BCUT2D eigenvalue weighted by molar-refractivity contribution is 7.89. The molecule has 2 amide bonds. The van der Waals surface area contributed by atoms with E-state index in [0.29, 0.717) is 75.2 Å². The number of nitrogens with one attached hydrogen (secondary N) is 2. The van der Waals surface area contributed by atoms with Crippen molar-refractivity contribution in [3.05, 3.63) is 108 Å². The molecule has 4 aliphatic rings. The summed E-state index contributed by atoms with van der Waals surface area (Å²) in [5, 5.41) is 25.3. The molecule has 0 radical (unpaired) electrons. The van der Waals surface area contributed by atoms with Gasteiger partial charge in [0.1, 0.15) is 19.3 Å². The first-order valence-electron chi connectivity index (χ1n) is 27.5. The number of benzene rings is 4. The van der Waals surface area contributed by atoms with Crippen LogP contribution in [0.4, 0.5) is 4.79 Å². The van der Waals surface area contributed by atoms with Gasteiger partial charge in [0.2, 0.25) is 44.8 Å². The van der Waals surface area contributed by atoms with Gasteiger partial charge < -0.3 is 64.5 Å². The summed E-state index contributed by atoms with van der Waals surface area (Å²) in [6.07, 6.45) is -0.741. The van der Waals surface area contributed by atoms with Gasteiger partial charge >= 0.3 is 6.09 Å². The summed E-state index contributed by atoms with van der Waals surface area (Å²) in [6, 6.07) is 27.2. The summed E-state index contributed by atoms with van der Waals surface area (Å²) in [4.78, 5) is 34.8. The van der Waals surface area contributed by atoms with Crippen molar-refractivity contribution in [3.8, 4) is 23.0 Å². The number of hydrogen-bond acceptors (Lipinski definition) is 18. The number of ether oxygens (including phenoxy) is 8. The Labute approximate surface area is 492 Å². The average Bonchev–Trinajstić information content (AvgIpc) is 4.36. The maximum absolute atomic E-state index is 14.0. The minimum absolute atomic E-state index is 0.00838. The number of aliphatic hydroxyl groups excluding tert-OH is 2. The molecule has 6 N–H and O–H groups in total. The lowest BCUT2D eigenvalue weighted by atomic mass is 9.89. The zero-order valence-corrected chi connectivity index (χ0v) is 50.3. The van der Waals surface area contributed by atoms with E-state index in [0.717, 1.165) is 17.5 Å². The summed E-state index contributed by atoms with van der Waals surface area (Å²) in [5.41, 5.74) is 6.86. The number of rotatable bonds is 27. The van der Waals surface area contributed by atoms with Crippen molar-refractivity contribution in [2.75, 3.05) is 79.3 Å². The summed E-state index contributed by atoms with van der Waals surface area (Å²) >= 11 is 5.08. The number of fused-ring (bicyclic) bond motifs is 3. The monoisotopic (exact) mass is 1220 g/mol. The number of halogens is 1. The molecule has 0 saturated carbocycles. The average molecular weight is 1220 g/mol. The van der Waals surface area contributed by atoms with Crippen LogP contribution in [0.3, 0.4) is 0 Å². The largest absolute Gasteiger partial charge is 0.454 e. The minimum Gasteiger partial charge on any atom is -0.454 e. The van der Waals surface area contributed by atoms with Crippen molar-refractivity contribution < 1.29 is 79.3 Å². The van der Waals surface area contributed by atoms with Crippen molar-refractivity contribution >= 4 is 48.9 Å². The van der Waals surface area contributed by atoms with Crippen molar-refractivity contribution in [3.63, 3.8) is 0 Å². The zero-order chi connectivity index (χ0) is 60.4. The molecule has 4 aromatic rings. The Kier molecular flexibility index (Phi) is 24.8. The fourth-order valence-corrected chi connectivity index (χ4v) is 13.1. The van der Waals surface area contributed by atoms with E-state index < -0.39 is 67.6 Å². The van der Waals surface area contributed by atoms with Crippen LogP contribution >= 0.6 is 11.6 Å².